The monoisotopic (exact) mass is 424 g/mol. The first-order valence-electron chi connectivity index (χ1n) is 8.81. The molecule has 1 fully saturated rings. The van der Waals surface area contributed by atoms with E-state index in [1.165, 1.54) is 29.2 Å². The molecule has 3 rings (SSSR count). The van der Waals surface area contributed by atoms with Crippen molar-refractivity contribution in [2.45, 2.75) is 36.8 Å². The molecule has 1 N–H and O–H groups in total. The molecule has 1 aromatic heterocycles. The number of amides is 3. The first-order valence-corrected chi connectivity index (χ1v) is 9.63. The van der Waals surface area contributed by atoms with E-state index >= 15 is 0 Å². The van der Waals surface area contributed by atoms with Crippen LogP contribution in [0.2, 0.25) is 0 Å². The van der Waals surface area contributed by atoms with Crippen molar-refractivity contribution in [3.05, 3.63) is 48.3 Å². The minimum atomic E-state index is -4.40. The van der Waals surface area contributed by atoms with Gasteiger partial charge in [-0.05, 0) is 61.5 Å². The van der Waals surface area contributed by atoms with E-state index in [4.69, 9.17) is 0 Å². The van der Waals surface area contributed by atoms with E-state index in [1.54, 1.807) is 18.5 Å². The molecule has 2 heterocycles. The Bertz CT molecular complexity index is 903. The molecule has 29 heavy (non-hydrogen) atoms. The Labute approximate surface area is 170 Å². The number of pyridine rings is 1. The Balaban J connectivity index is 1.75. The van der Waals surface area contributed by atoms with E-state index in [1.807, 2.05) is 13.8 Å². The summed E-state index contributed by atoms with van der Waals surface area (Å²) in [4.78, 5) is 31.6. The lowest BCUT2D eigenvalue weighted by Gasteiger charge is -2.20. The van der Waals surface area contributed by atoms with Crippen molar-refractivity contribution in [2.24, 2.45) is 0 Å². The van der Waals surface area contributed by atoms with Gasteiger partial charge in [0.1, 0.15) is 6.54 Å². The number of carbonyl (C=O) groups excluding carboxylic acids is 2. The van der Waals surface area contributed by atoms with E-state index in [2.05, 4.69) is 10.3 Å². The molecular formula is C19H19F3N4O2S. The second kappa shape index (κ2) is 8.32. The van der Waals surface area contributed by atoms with Crippen LogP contribution in [-0.4, -0.2) is 39.9 Å². The van der Waals surface area contributed by atoms with Crippen LogP contribution in [0.15, 0.2) is 47.6 Å². The molecule has 1 saturated heterocycles. The van der Waals surface area contributed by atoms with Crippen molar-refractivity contribution < 1.29 is 22.8 Å². The summed E-state index contributed by atoms with van der Waals surface area (Å²) >= 11 is -0.249. The third-order valence-electron chi connectivity index (χ3n) is 4.08. The maximum Gasteiger partial charge on any atom is 0.446 e. The molecule has 2 aromatic rings. The Hall–Kier alpha value is -2.75. The normalized spacial score (nSPS) is 14.8. The lowest BCUT2D eigenvalue weighted by Crippen LogP contribution is -2.33. The summed E-state index contributed by atoms with van der Waals surface area (Å²) in [7, 11) is 0. The van der Waals surface area contributed by atoms with Gasteiger partial charge >= 0.3 is 11.5 Å². The summed E-state index contributed by atoms with van der Waals surface area (Å²) in [5, 5.41) is 3.25. The molecule has 0 bridgehead atoms. The minimum absolute atomic E-state index is 0.0154. The molecule has 6 nitrogen and oxygen atoms in total. The maximum atomic E-state index is 12.8. The molecule has 0 radical (unpaired) electrons. The van der Waals surface area contributed by atoms with E-state index in [9.17, 15) is 22.8 Å². The predicted molar refractivity (Wildman–Crippen MR) is 105 cm³/mol. The summed E-state index contributed by atoms with van der Waals surface area (Å²) in [6.07, 6.45) is 3.27. The quantitative estimate of drug-likeness (QED) is 0.547. The molecule has 3 amide bonds. The highest BCUT2D eigenvalue weighted by atomic mass is 32.2. The zero-order valence-electron chi connectivity index (χ0n) is 15.7. The number of urea groups is 1. The molecule has 1 aromatic carbocycles. The number of hydrogen-bond acceptors (Lipinski definition) is 5. The van der Waals surface area contributed by atoms with Crippen molar-refractivity contribution >= 4 is 35.1 Å². The van der Waals surface area contributed by atoms with Crippen molar-refractivity contribution in [3.63, 3.8) is 0 Å². The molecule has 0 unspecified atom stereocenters. The van der Waals surface area contributed by atoms with E-state index in [0.717, 1.165) is 16.2 Å². The summed E-state index contributed by atoms with van der Waals surface area (Å²) in [6, 6.07) is 6.58. The van der Waals surface area contributed by atoms with Crippen LogP contribution in [0.4, 0.5) is 29.3 Å². The topological polar surface area (TPSA) is 65.5 Å². The van der Waals surface area contributed by atoms with Crippen LogP contribution >= 0.6 is 11.8 Å². The Kier molecular flexibility index (Phi) is 6.02. The zero-order chi connectivity index (χ0) is 21.2. The molecule has 0 spiro atoms. The number of alkyl halides is 3. The van der Waals surface area contributed by atoms with Gasteiger partial charge in [0, 0.05) is 17.1 Å². The van der Waals surface area contributed by atoms with E-state index < -0.39 is 17.4 Å². The number of anilines is 2. The number of aromatic nitrogens is 1. The molecule has 10 heteroatoms. The smallest absolute Gasteiger partial charge is 0.381 e. The first-order chi connectivity index (χ1) is 13.6. The van der Waals surface area contributed by atoms with E-state index in [0.29, 0.717) is 0 Å². The van der Waals surface area contributed by atoms with Gasteiger partial charge in [-0.1, -0.05) is 0 Å². The van der Waals surface area contributed by atoms with Gasteiger partial charge in [-0.15, -0.1) is 0 Å². The number of imide groups is 1. The van der Waals surface area contributed by atoms with Crippen LogP contribution in [0.5, 0.6) is 0 Å². The average Bonchev–Trinajstić information content (AvgIpc) is 2.89. The lowest BCUT2D eigenvalue weighted by atomic mass is 10.2. The largest absolute Gasteiger partial charge is 0.446 e. The van der Waals surface area contributed by atoms with Gasteiger partial charge in [0.2, 0.25) is 0 Å². The Morgan fingerprint density at radius 3 is 2.48 bits per heavy atom. The van der Waals surface area contributed by atoms with Crippen LogP contribution in [0.3, 0.4) is 0 Å². The second-order valence-corrected chi connectivity index (χ2v) is 7.88. The van der Waals surface area contributed by atoms with Gasteiger partial charge in [-0.3, -0.25) is 9.78 Å². The summed E-state index contributed by atoms with van der Waals surface area (Å²) in [5.74, 6) is -0.432. The van der Waals surface area contributed by atoms with Crippen LogP contribution in [0, 0.1) is 0 Å². The van der Waals surface area contributed by atoms with E-state index in [-0.39, 0.29) is 41.5 Å². The van der Waals surface area contributed by atoms with Gasteiger partial charge in [0.15, 0.2) is 0 Å². The number of nitrogens with zero attached hydrogens (tertiary/aromatic N) is 3. The number of halogens is 3. The summed E-state index contributed by atoms with van der Waals surface area (Å²) < 4.78 is 37.4. The molecule has 1 aliphatic heterocycles. The number of thioether (sulfide) groups is 1. The first kappa shape index (κ1) is 21.0. The summed E-state index contributed by atoms with van der Waals surface area (Å²) in [6.45, 7) is 4.05. The minimum Gasteiger partial charge on any atom is -0.381 e. The average molecular weight is 424 g/mol. The van der Waals surface area contributed by atoms with Crippen LogP contribution < -0.4 is 10.2 Å². The number of carbonyl (C=O) groups is 2. The molecular weight excluding hydrogens is 405 g/mol. The van der Waals surface area contributed by atoms with Gasteiger partial charge in [-0.2, -0.15) is 13.2 Å². The predicted octanol–water partition coefficient (Wildman–Crippen LogP) is 4.48. The molecule has 154 valence electrons. The highest BCUT2D eigenvalue weighted by Crippen LogP contribution is 2.37. The Morgan fingerprint density at radius 2 is 1.86 bits per heavy atom. The number of rotatable bonds is 6. The zero-order valence-corrected chi connectivity index (χ0v) is 16.5. The van der Waals surface area contributed by atoms with Crippen LogP contribution in [-0.2, 0) is 11.3 Å². The highest BCUT2D eigenvalue weighted by Gasteiger charge is 2.37. The molecule has 0 saturated carbocycles. The molecule has 0 atom stereocenters. The molecule has 0 aliphatic carbocycles. The van der Waals surface area contributed by atoms with Crippen LogP contribution in [0.25, 0.3) is 0 Å². The third kappa shape index (κ3) is 5.20. The van der Waals surface area contributed by atoms with Crippen molar-refractivity contribution in [1.82, 2.24) is 9.88 Å². The molecule has 1 aliphatic rings. The lowest BCUT2D eigenvalue weighted by molar-refractivity contribution is -0.116. The fourth-order valence-corrected chi connectivity index (χ4v) is 3.47. The van der Waals surface area contributed by atoms with Crippen LogP contribution in [0.1, 0.15) is 19.4 Å². The third-order valence-corrected chi connectivity index (χ3v) is 4.82. The number of hydrogen-bond donors (Lipinski definition) is 1. The number of nitrogens with one attached hydrogen (secondary N) is 1. The fourth-order valence-electron chi connectivity index (χ4n) is 2.93. The fraction of sp³-hybridized carbons (Fsp3) is 0.316. The standard InChI is InChI=1S/C19H19F3N4O2S/c1-12(2)24-16-9-23-8-7-13(16)10-25-11-17(27)26(18(25)28)14-3-5-15(6-4-14)29-19(20,21)22/h3-9,12,24H,10-11H2,1-2H3. The second-order valence-electron chi connectivity index (χ2n) is 6.74. The SMILES string of the molecule is CC(C)Nc1cnccc1CN1CC(=O)N(c2ccc(SC(F)(F)F)cc2)C1=O. The van der Waals surface area contributed by atoms with Gasteiger partial charge in [-0.25, -0.2) is 9.69 Å². The van der Waals surface area contributed by atoms with Gasteiger partial charge < -0.3 is 10.2 Å². The van der Waals surface area contributed by atoms with Crippen molar-refractivity contribution in [1.29, 1.82) is 0 Å². The summed E-state index contributed by atoms with van der Waals surface area (Å²) in [5.41, 5.74) is -2.57. The Morgan fingerprint density at radius 1 is 1.17 bits per heavy atom. The highest BCUT2D eigenvalue weighted by molar-refractivity contribution is 8.00. The van der Waals surface area contributed by atoms with Crippen molar-refractivity contribution in [2.75, 3.05) is 16.8 Å². The van der Waals surface area contributed by atoms with Crippen molar-refractivity contribution in [3.8, 4) is 0 Å². The number of benzene rings is 1. The maximum absolute atomic E-state index is 12.8. The van der Waals surface area contributed by atoms with Gasteiger partial charge in [0.25, 0.3) is 5.91 Å². The van der Waals surface area contributed by atoms with Gasteiger partial charge in [0.05, 0.1) is 24.1 Å².